The van der Waals surface area contributed by atoms with Gasteiger partial charge in [0, 0.05) is 17.8 Å². The Hall–Kier alpha value is -3.01. The van der Waals surface area contributed by atoms with Crippen LogP contribution in [-0.2, 0) is 6.42 Å². The number of nitrogens with two attached hydrogens (primary N) is 1. The summed E-state index contributed by atoms with van der Waals surface area (Å²) in [6.07, 6.45) is 2.09. The largest absolute Gasteiger partial charge is 0.383 e. The van der Waals surface area contributed by atoms with Crippen molar-refractivity contribution in [3.05, 3.63) is 76.6 Å². The lowest BCUT2D eigenvalue weighted by Crippen LogP contribution is -2.50. The maximum absolute atomic E-state index is 13.7. The number of hydrogen-bond donors (Lipinski definition) is 3. The van der Waals surface area contributed by atoms with Crippen molar-refractivity contribution in [3.63, 3.8) is 0 Å². The third-order valence-electron chi connectivity index (χ3n) is 5.59. The smallest absolute Gasteiger partial charge is 0.259 e. The second-order valence-corrected chi connectivity index (χ2v) is 8.68. The number of nitrogens with zero attached hydrogens (tertiary/aromatic N) is 3. The van der Waals surface area contributed by atoms with Crippen LogP contribution in [0, 0.1) is 19.3 Å². The first-order valence-corrected chi connectivity index (χ1v) is 11.0. The van der Waals surface area contributed by atoms with Crippen molar-refractivity contribution in [2.75, 3.05) is 22.5 Å². The molecule has 0 saturated carbocycles. The molecular formula is C23H23IN6O. The van der Waals surface area contributed by atoms with E-state index in [0.717, 1.165) is 27.9 Å². The van der Waals surface area contributed by atoms with Crippen molar-refractivity contribution in [1.82, 2.24) is 9.97 Å². The molecule has 7 nitrogen and oxygen atoms in total. The molecule has 0 fully saturated rings. The molecule has 1 aromatic heterocycles. The van der Waals surface area contributed by atoms with Crippen LogP contribution in [0.5, 0.6) is 0 Å². The minimum atomic E-state index is -0.129. The second kappa shape index (κ2) is 8.62. The molecule has 4 rings (SSSR count). The summed E-state index contributed by atoms with van der Waals surface area (Å²) >= 11 is 1.90. The Morgan fingerprint density at radius 1 is 1.19 bits per heavy atom. The van der Waals surface area contributed by atoms with Crippen molar-refractivity contribution in [3.8, 4) is 0 Å². The van der Waals surface area contributed by atoms with Gasteiger partial charge in [-0.3, -0.25) is 10.2 Å². The molecule has 31 heavy (non-hydrogen) atoms. The number of para-hydroxylation sites is 1. The quantitative estimate of drug-likeness (QED) is 0.343. The van der Waals surface area contributed by atoms with Crippen molar-refractivity contribution in [1.29, 1.82) is 5.41 Å². The fraction of sp³-hybridized carbons (Fsp3) is 0.217. The van der Waals surface area contributed by atoms with Crippen molar-refractivity contribution in [2.45, 2.75) is 26.3 Å². The molecule has 2 heterocycles. The van der Waals surface area contributed by atoms with E-state index in [-0.39, 0.29) is 21.5 Å². The number of anilines is 3. The second-order valence-electron chi connectivity index (χ2n) is 7.61. The van der Waals surface area contributed by atoms with Crippen LogP contribution in [0.25, 0.3) is 0 Å². The number of aromatic nitrogens is 2. The molecule has 0 saturated heterocycles. The predicted molar refractivity (Wildman–Crippen MR) is 132 cm³/mol. The number of nitrogen functional groups attached to an aromatic ring is 1. The molecule has 0 spiro atoms. The first kappa shape index (κ1) is 21.2. The summed E-state index contributed by atoms with van der Waals surface area (Å²) < 4.78 is 0.259. The predicted octanol–water partition coefficient (Wildman–Crippen LogP) is 4.12. The molecule has 1 unspecified atom stereocenters. The molecule has 1 atom stereocenters. The van der Waals surface area contributed by atoms with Gasteiger partial charge in [0.15, 0.2) is 0 Å². The summed E-state index contributed by atoms with van der Waals surface area (Å²) in [7, 11) is 0. The molecule has 1 aliphatic rings. The molecule has 3 aromatic rings. The van der Waals surface area contributed by atoms with Gasteiger partial charge >= 0.3 is 0 Å². The molecule has 0 radical (unpaired) electrons. The zero-order valence-electron chi connectivity index (χ0n) is 17.3. The van der Waals surface area contributed by atoms with Crippen molar-refractivity contribution in [2.24, 2.45) is 0 Å². The molecular weight excluding hydrogens is 503 g/mol. The minimum absolute atomic E-state index is 0.00418. The van der Waals surface area contributed by atoms with E-state index in [2.05, 4.69) is 15.3 Å². The number of carbonyl (C=O) groups is 1. The normalized spacial score (nSPS) is 15.5. The van der Waals surface area contributed by atoms with Gasteiger partial charge < -0.3 is 16.0 Å². The zero-order chi connectivity index (χ0) is 22.1. The number of rotatable bonds is 5. The van der Waals surface area contributed by atoms with Gasteiger partial charge in [-0.1, -0.05) is 36.4 Å². The van der Waals surface area contributed by atoms with E-state index in [4.69, 9.17) is 11.1 Å². The monoisotopic (exact) mass is 526 g/mol. The molecule has 1 aliphatic heterocycles. The van der Waals surface area contributed by atoms with Gasteiger partial charge in [-0.15, -0.1) is 0 Å². The van der Waals surface area contributed by atoms with Crippen molar-refractivity contribution >= 4 is 49.5 Å². The van der Waals surface area contributed by atoms with Gasteiger partial charge in [-0.05, 0) is 65.6 Å². The van der Waals surface area contributed by atoms with Crippen LogP contribution in [0.3, 0.4) is 0 Å². The zero-order valence-corrected chi connectivity index (χ0v) is 19.5. The number of fused-ring (bicyclic) bond motifs is 1. The summed E-state index contributed by atoms with van der Waals surface area (Å²) in [4.78, 5) is 23.8. The third kappa shape index (κ3) is 3.99. The number of benzene rings is 2. The Kier molecular flexibility index (Phi) is 5.90. The van der Waals surface area contributed by atoms with E-state index in [9.17, 15) is 4.79 Å². The maximum atomic E-state index is 13.7. The highest BCUT2D eigenvalue weighted by molar-refractivity contribution is 14.1. The molecule has 158 valence electrons. The topological polar surface area (TPSA) is 108 Å². The fourth-order valence-corrected chi connectivity index (χ4v) is 4.64. The highest BCUT2D eigenvalue weighted by atomic mass is 127. The number of aryl methyl sites for hydroxylation is 2. The Bertz CT molecular complexity index is 1180. The number of hydrogen-bond acceptors (Lipinski definition) is 6. The van der Waals surface area contributed by atoms with Crippen LogP contribution in [0.4, 0.5) is 17.3 Å². The number of amides is 1. The Morgan fingerprint density at radius 2 is 1.94 bits per heavy atom. The van der Waals surface area contributed by atoms with Crippen LogP contribution in [0.15, 0.2) is 48.8 Å². The molecule has 2 aromatic carbocycles. The highest BCUT2D eigenvalue weighted by Crippen LogP contribution is 2.32. The lowest BCUT2D eigenvalue weighted by molar-refractivity contribution is 0.0968. The van der Waals surface area contributed by atoms with E-state index in [1.54, 1.807) is 0 Å². The third-order valence-corrected chi connectivity index (χ3v) is 6.13. The molecule has 8 heteroatoms. The van der Waals surface area contributed by atoms with Gasteiger partial charge in [0.1, 0.15) is 21.7 Å². The number of carbonyl (C=O) groups excluding carboxylic acids is 1. The first-order chi connectivity index (χ1) is 14.9. The Balaban J connectivity index is 1.73. The van der Waals surface area contributed by atoms with E-state index in [0.29, 0.717) is 24.3 Å². The van der Waals surface area contributed by atoms with E-state index in [1.165, 1.54) is 6.33 Å². The maximum Gasteiger partial charge on any atom is 0.259 e. The lowest BCUT2D eigenvalue weighted by atomic mass is 9.89. The van der Waals surface area contributed by atoms with Gasteiger partial charge in [-0.2, -0.15) is 0 Å². The summed E-state index contributed by atoms with van der Waals surface area (Å²) in [5.41, 5.74) is 11.2. The van der Waals surface area contributed by atoms with E-state index >= 15 is 0 Å². The van der Waals surface area contributed by atoms with E-state index in [1.807, 2.05) is 83.8 Å². The lowest BCUT2D eigenvalue weighted by Gasteiger charge is -2.38. The summed E-state index contributed by atoms with van der Waals surface area (Å²) in [6.45, 7) is 4.45. The average molecular weight is 526 g/mol. The Labute approximate surface area is 194 Å². The van der Waals surface area contributed by atoms with Crippen LogP contribution in [-0.4, -0.2) is 32.2 Å². The van der Waals surface area contributed by atoms with Crippen LogP contribution >= 0.6 is 22.6 Å². The van der Waals surface area contributed by atoms with Gasteiger partial charge in [0.25, 0.3) is 5.91 Å². The van der Waals surface area contributed by atoms with Crippen molar-refractivity contribution < 1.29 is 4.79 Å². The van der Waals surface area contributed by atoms with E-state index < -0.39 is 0 Å². The molecule has 1 amide bonds. The van der Waals surface area contributed by atoms with Gasteiger partial charge in [0.2, 0.25) is 0 Å². The highest BCUT2D eigenvalue weighted by Gasteiger charge is 2.35. The summed E-state index contributed by atoms with van der Waals surface area (Å²) in [5.74, 6) is 0.761. The van der Waals surface area contributed by atoms with Gasteiger partial charge in [-0.25, -0.2) is 9.97 Å². The molecule has 4 N–H and O–H groups in total. The van der Waals surface area contributed by atoms with Crippen LogP contribution < -0.4 is 16.0 Å². The molecule has 0 bridgehead atoms. The minimum Gasteiger partial charge on any atom is -0.383 e. The molecule has 0 aliphatic carbocycles. The van der Waals surface area contributed by atoms with Crippen LogP contribution in [0.1, 0.15) is 32.6 Å². The van der Waals surface area contributed by atoms with Crippen LogP contribution in [0.2, 0.25) is 0 Å². The first-order valence-electron chi connectivity index (χ1n) is 9.95. The average Bonchev–Trinajstić information content (AvgIpc) is 2.73. The summed E-state index contributed by atoms with van der Waals surface area (Å²) in [5, 5.41) is 11.3. The number of halogens is 1. The Morgan fingerprint density at radius 3 is 2.68 bits per heavy atom. The fourth-order valence-electron chi connectivity index (χ4n) is 4.10. The SMILES string of the molecule is Cc1ccccc1N1C(=O)c2c(C)cccc2CC1CNc1ncnc(N)c1C(=N)I. The standard InChI is InChI=1S/C23H23IN6O/c1-13-6-3-4-9-17(13)30-16(10-15-8-5-7-14(2)18(15)23(30)31)11-27-22-19(20(24)25)21(26)28-12-29-22/h3-9,12,16,25H,10-11H2,1-2H3,(H3,26,27,28,29). The number of nitrogens with one attached hydrogen (secondary N) is 2. The van der Waals surface area contributed by atoms with Gasteiger partial charge in [0.05, 0.1) is 11.6 Å². The summed E-state index contributed by atoms with van der Waals surface area (Å²) in [6, 6.07) is 13.8.